The van der Waals surface area contributed by atoms with Crippen molar-refractivity contribution in [3.8, 4) is 33.4 Å². The van der Waals surface area contributed by atoms with Crippen molar-refractivity contribution in [3.63, 3.8) is 0 Å². The fraction of sp³-hybridized carbons (Fsp3) is 0.132. The Kier molecular flexibility index (Phi) is 8.93. The van der Waals surface area contributed by atoms with E-state index in [0.717, 1.165) is 30.6 Å². The Morgan fingerprint density at radius 3 is 1.70 bits per heavy atom. The number of benzene rings is 8. The Morgan fingerprint density at radius 2 is 1.00 bits per heavy atom. The summed E-state index contributed by atoms with van der Waals surface area (Å²) in [5.74, 6) is 0.375. The summed E-state index contributed by atoms with van der Waals surface area (Å²) in [5, 5.41) is 6.31. The second kappa shape index (κ2) is 14.3. The minimum atomic E-state index is -0.0776. The molecule has 1 aliphatic rings. The molecule has 1 aliphatic carbocycles. The van der Waals surface area contributed by atoms with Crippen LogP contribution in [0.5, 0.6) is 0 Å². The molecule has 0 bridgehead atoms. The van der Waals surface area contributed by atoms with E-state index >= 15 is 0 Å². The first-order valence-electron chi connectivity index (χ1n) is 19.3. The van der Waals surface area contributed by atoms with Gasteiger partial charge in [0, 0.05) is 22.7 Å². The Morgan fingerprint density at radius 1 is 0.444 bits per heavy atom. The highest BCUT2D eigenvalue weighted by atomic mass is 14.9. The molecule has 1 nitrogen and oxygen atoms in total. The van der Waals surface area contributed by atoms with Crippen molar-refractivity contribution in [2.45, 2.75) is 44.4 Å². The minimum absolute atomic E-state index is 0.0776. The van der Waals surface area contributed by atoms with Gasteiger partial charge >= 0.3 is 0 Å². The van der Waals surface area contributed by atoms with Crippen molar-refractivity contribution >= 4 is 22.1 Å². The number of aryl methyl sites for hydroxylation is 1. The van der Waals surface area contributed by atoms with Gasteiger partial charge in [-0.3, -0.25) is 0 Å². The van der Waals surface area contributed by atoms with Gasteiger partial charge < -0.3 is 5.32 Å². The van der Waals surface area contributed by atoms with Crippen LogP contribution in [-0.4, -0.2) is 0 Å². The van der Waals surface area contributed by atoms with Gasteiger partial charge in [-0.05, 0) is 115 Å². The zero-order valence-corrected chi connectivity index (χ0v) is 31.1. The van der Waals surface area contributed by atoms with E-state index in [4.69, 9.17) is 0 Å². The number of nitrogens with one attached hydrogen (secondary N) is 1. The van der Waals surface area contributed by atoms with E-state index in [1.54, 1.807) is 0 Å². The fourth-order valence-corrected chi connectivity index (χ4v) is 8.56. The van der Waals surface area contributed by atoms with E-state index in [9.17, 15) is 0 Å². The van der Waals surface area contributed by atoms with Gasteiger partial charge in [0.15, 0.2) is 0 Å². The van der Waals surface area contributed by atoms with E-state index in [2.05, 4.69) is 207 Å². The maximum atomic E-state index is 3.69. The quantitative estimate of drug-likeness (QED) is 0.150. The van der Waals surface area contributed by atoms with Gasteiger partial charge in [-0.1, -0.05) is 178 Å². The monoisotopic (exact) mass is 695 g/mol. The van der Waals surface area contributed by atoms with Crippen molar-refractivity contribution in [1.29, 1.82) is 0 Å². The summed E-state index contributed by atoms with van der Waals surface area (Å²) in [5.41, 5.74) is 16.8. The number of fused-ring (bicyclic) bond motifs is 4. The average Bonchev–Trinajstić information content (AvgIpc) is 3.45. The van der Waals surface area contributed by atoms with E-state index in [1.807, 2.05) is 0 Å². The summed E-state index contributed by atoms with van der Waals surface area (Å²) in [7, 11) is 0. The highest BCUT2D eigenvalue weighted by molar-refractivity contribution is 5.84. The van der Waals surface area contributed by atoms with Crippen LogP contribution in [0, 0.1) is 0 Å². The van der Waals surface area contributed by atoms with Crippen molar-refractivity contribution in [2.24, 2.45) is 0 Å². The van der Waals surface area contributed by atoms with E-state index < -0.39 is 0 Å². The third-order valence-corrected chi connectivity index (χ3v) is 11.6. The van der Waals surface area contributed by atoms with Crippen LogP contribution in [0.25, 0.3) is 44.2 Å². The lowest BCUT2D eigenvalue weighted by molar-refractivity contribution is 0.650. The lowest BCUT2D eigenvalue weighted by atomic mass is 9.81. The standard InChI is InChI=1S/C53H45N/c1-53(2)51-34-37(12-11-19-48(43-16-7-4-8-17-43)45-26-25-39-15-9-10-18-44(39)35-45)20-32-49(51)50-33-31-47(36-52(50)53)54-46-29-27-42(28-30-46)41-23-21-40(22-24-41)38-13-5-3-6-14-38/h3-10,13-18,20-36,48,54H,11-12,19H2,1-2H3. The highest BCUT2D eigenvalue weighted by Gasteiger charge is 2.35. The van der Waals surface area contributed by atoms with Crippen molar-refractivity contribution in [3.05, 3.63) is 216 Å². The molecule has 0 aliphatic heterocycles. The van der Waals surface area contributed by atoms with Gasteiger partial charge in [0.1, 0.15) is 0 Å². The lowest BCUT2D eigenvalue weighted by Crippen LogP contribution is -2.15. The lowest BCUT2D eigenvalue weighted by Gasteiger charge is -2.23. The molecular weight excluding hydrogens is 651 g/mol. The van der Waals surface area contributed by atoms with Gasteiger partial charge in [-0.2, -0.15) is 0 Å². The van der Waals surface area contributed by atoms with E-state index in [1.165, 1.54) is 72.0 Å². The van der Waals surface area contributed by atoms with Crippen LogP contribution in [-0.2, 0) is 11.8 Å². The number of anilines is 2. The Balaban J connectivity index is 0.885. The molecule has 0 radical (unpaired) electrons. The summed E-state index contributed by atoms with van der Waals surface area (Å²) < 4.78 is 0. The molecule has 0 fully saturated rings. The fourth-order valence-electron chi connectivity index (χ4n) is 8.56. The third kappa shape index (κ3) is 6.63. The van der Waals surface area contributed by atoms with Crippen molar-refractivity contribution in [2.75, 3.05) is 5.32 Å². The second-order valence-corrected chi connectivity index (χ2v) is 15.4. The Bertz CT molecular complexity index is 2550. The van der Waals surface area contributed by atoms with Gasteiger partial charge in [0.25, 0.3) is 0 Å². The maximum Gasteiger partial charge on any atom is 0.0387 e. The molecule has 0 amide bonds. The smallest absolute Gasteiger partial charge is 0.0387 e. The molecule has 1 heteroatoms. The molecule has 0 saturated carbocycles. The largest absolute Gasteiger partial charge is 0.356 e. The molecule has 262 valence electrons. The van der Waals surface area contributed by atoms with Gasteiger partial charge in [0.05, 0.1) is 0 Å². The molecule has 1 N–H and O–H groups in total. The van der Waals surface area contributed by atoms with Crippen LogP contribution in [0.3, 0.4) is 0 Å². The Labute approximate surface area is 320 Å². The van der Waals surface area contributed by atoms with Crippen molar-refractivity contribution in [1.82, 2.24) is 0 Å². The molecule has 54 heavy (non-hydrogen) atoms. The SMILES string of the molecule is CC1(C)c2cc(CCCC(c3ccccc3)c3ccc4ccccc4c3)ccc2-c2ccc(Nc3ccc(-c4ccc(-c5ccccc5)cc4)cc3)cc21. The molecule has 9 rings (SSSR count). The van der Waals surface area contributed by atoms with Crippen LogP contribution in [0.4, 0.5) is 11.4 Å². The number of hydrogen-bond acceptors (Lipinski definition) is 1. The van der Waals surface area contributed by atoms with Gasteiger partial charge in [0.2, 0.25) is 0 Å². The summed E-state index contributed by atoms with van der Waals surface area (Å²) in [6.45, 7) is 4.77. The number of hydrogen-bond donors (Lipinski definition) is 1. The predicted octanol–water partition coefficient (Wildman–Crippen LogP) is 14.4. The van der Waals surface area contributed by atoms with E-state index in [0.29, 0.717) is 5.92 Å². The van der Waals surface area contributed by atoms with Gasteiger partial charge in [-0.25, -0.2) is 0 Å². The molecule has 0 saturated heterocycles. The van der Waals surface area contributed by atoms with Crippen LogP contribution < -0.4 is 5.32 Å². The van der Waals surface area contributed by atoms with Crippen LogP contribution in [0.1, 0.15) is 60.4 Å². The summed E-state index contributed by atoms with van der Waals surface area (Å²) >= 11 is 0. The normalized spacial score (nSPS) is 13.3. The van der Waals surface area contributed by atoms with E-state index in [-0.39, 0.29) is 5.41 Å². The number of rotatable bonds is 10. The van der Waals surface area contributed by atoms with Crippen LogP contribution in [0.15, 0.2) is 188 Å². The minimum Gasteiger partial charge on any atom is -0.356 e. The summed E-state index contributed by atoms with van der Waals surface area (Å²) in [6, 6.07) is 69.0. The molecule has 0 heterocycles. The predicted molar refractivity (Wildman–Crippen MR) is 230 cm³/mol. The molecule has 8 aromatic carbocycles. The first kappa shape index (κ1) is 33.6. The molecular formula is C53H45N. The zero-order chi connectivity index (χ0) is 36.5. The molecule has 0 spiro atoms. The van der Waals surface area contributed by atoms with Crippen LogP contribution in [0.2, 0.25) is 0 Å². The zero-order valence-electron chi connectivity index (χ0n) is 31.1. The first-order valence-corrected chi connectivity index (χ1v) is 19.3. The second-order valence-electron chi connectivity index (χ2n) is 15.4. The summed E-state index contributed by atoms with van der Waals surface area (Å²) in [4.78, 5) is 0. The first-order chi connectivity index (χ1) is 26.5. The van der Waals surface area contributed by atoms with Crippen molar-refractivity contribution < 1.29 is 0 Å². The summed E-state index contributed by atoms with van der Waals surface area (Å²) in [6.07, 6.45) is 3.31. The maximum absolute atomic E-state index is 3.69. The molecule has 1 atom stereocenters. The third-order valence-electron chi connectivity index (χ3n) is 11.6. The van der Waals surface area contributed by atoms with Gasteiger partial charge in [-0.15, -0.1) is 0 Å². The molecule has 8 aromatic rings. The topological polar surface area (TPSA) is 12.0 Å². The highest BCUT2D eigenvalue weighted by Crippen LogP contribution is 2.50. The van der Waals surface area contributed by atoms with Crippen LogP contribution >= 0.6 is 0 Å². The molecule has 1 unspecified atom stereocenters. The average molecular weight is 696 g/mol. The Hall–Kier alpha value is -6.18. The molecule has 0 aromatic heterocycles.